The Kier molecular flexibility index (Phi) is 6.52. The number of hydrogen-bond donors (Lipinski definition) is 0. The average Bonchev–Trinajstić information content (AvgIpc) is 2.76. The minimum Gasteiger partial charge on any atom is -0.379 e. The number of nitrogens with zero attached hydrogens (tertiary/aromatic N) is 3. The Morgan fingerprint density at radius 1 is 1.10 bits per heavy atom. The molecule has 2 aliphatic rings. The van der Waals surface area contributed by atoms with Crippen molar-refractivity contribution in [1.82, 2.24) is 14.8 Å². The standard InChI is InChI=1S/C23H28FN3O2/c24-21-8-2-1-5-18(21)15-20-7-3-9-22(25-20)19-6-4-10-27(16-19)23(28)17-26-11-13-29-14-12-26/h1-3,5,7-9,19H,4,6,10-17H2/t19-/m1/s1. The second-order valence-electron chi connectivity index (χ2n) is 7.89. The molecule has 1 aromatic heterocycles. The lowest BCUT2D eigenvalue weighted by Gasteiger charge is -2.35. The highest BCUT2D eigenvalue weighted by Gasteiger charge is 2.27. The van der Waals surface area contributed by atoms with Crippen LogP contribution in [-0.4, -0.2) is 66.6 Å². The Hall–Kier alpha value is -2.31. The fraction of sp³-hybridized carbons (Fsp3) is 0.478. The smallest absolute Gasteiger partial charge is 0.236 e. The summed E-state index contributed by atoms with van der Waals surface area (Å²) < 4.78 is 19.3. The van der Waals surface area contributed by atoms with Gasteiger partial charge >= 0.3 is 0 Å². The Balaban J connectivity index is 1.40. The Labute approximate surface area is 171 Å². The van der Waals surface area contributed by atoms with Crippen molar-refractivity contribution in [3.8, 4) is 0 Å². The number of piperidine rings is 1. The van der Waals surface area contributed by atoms with E-state index in [-0.39, 0.29) is 17.6 Å². The van der Waals surface area contributed by atoms with Crippen LogP contribution in [0.25, 0.3) is 0 Å². The van der Waals surface area contributed by atoms with E-state index in [1.54, 1.807) is 12.1 Å². The molecule has 3 heterocycles. The number of carbonyl (C=O) groups is 1. The first-order valence-electron chi connectivity index (χ1n) is 10.5. The molecule has 2 aliphatic heterocycles. The monoisotopic (exact) mass is 397 g/mol. The largest absolute Gasteiger partial charge is 0.379 e. The van der Waals surface area contributed by atoms with Crippen molar-refractivity contribution in [2.75, 3.05) is 45.9 Å². The highest BCUT2D eigenvalue weighted by atomic mass is 19.1. The number of morpholine rings is 1. The molecular formula is C23H28FN3O2. The summed E-state index contributed by atoms with van der Waals surface area (Å²) in [6.45, 7) is 5.04. The average molecular weight is 397 g/mol. The summed E-state index contributed by atoms with van der Waals surface area (Å²) in [5.41, 5.74) is 2.52. The summed E-state index contributed by atoms with van der Waals surface area (Å²) in [4.78, 5) is 21.7. The van der Waals surface area contributed by atoms with Gasteiger partial charge in [-0.15, -0.1) is 0 Å². The number of hydrogen-bond acceptors (Lipinski definition) is 4. The van der Waals surface area contributed by atoms with Gasteiger partial charge in [0, 0.05) is 49.9 Å². The van der Waals surface area contributed by atoms with E-state index < -0.39 is 0 Å². The van der Waals surface area contributed by atoms with Gasteiger partial charge in [-0.25, -0.2) is 4.39 Å². The first kappa shape index (κ1) is 20.0. The van der Waals surface area contributed by atoms with Gasteiger partial charge in [0.25, 0.3) is 0 Å². The molecule has 29 heavy (non-hydrogen) atoms. The minimum atomic E-state index is -0.197. The second kappa shape index (κ2) is 9.46. The van der Waals surface area contributed by atoms with Crippen LogP contribution in [0.5, 0.6) is 0 Å². The molecular weight excluding hydrogens is 369 g/mol. The molecule has 0 bridgehead atoms. The van der Waals surface area contributed by atoms with E-state index in [1.807, 2.05) is 29.2 Å². The lowest BCUT2D eigenvalue weighted by atomic mass is 9.93. The van der Waals surface area contributed by atoms with Gasteiger partial charge in [-0.2, -0.15) is 0 Å². The molecule has 0 N–H and O–H groups in total. The lowest BCUT2D eigenvalue weighted by Crippen LogP contribution is -2.47. The molecule has 154 valence electrons. The Bertz CT molecular complexity index is 838. The molecule has 2 saturated heterocycles. The van der Waals surface area contributed by atoms with E-state index in [2.05, 4.69) is 4.90 Å². The minimum absolute atomic E-state index is 0.194. The number of rotatable bonds is 5. The van der Waals surface area contributed by atoms with E-state index in [4.69, 9.17) is 9.72 Å². The summed E-state index contributed by atoms with van der Waals surface area (Å²) in [6, 6.07) is 12.8. The van der Waals surface area contributed by atoms with Gasteiger partial charge in [-0.05, 0) is 36.6 Å². The topological polar surface area (TPSA) is 45.7 Å². The van der Waals surface area contributed by atoms with Gasteiger partial charge in [-0.3, -0.25) is 14.7 Å². The third-order valence-corrected chi connectivity index (χ3v) is 5.81. The summed E-state index contributed by atoms with van der Waals surface area (Å²) in [5, 5.41) is 0. The van der Waals surface area contributed by atoms with Crippen molar-refractivity contribution in [1.29, 1.82) is 0 Å². The summed E-state index contributed by atoms with van der Waals surface area (Å²) in [7, 11) is 0. The molecule has 2 aromatic rings. The van der Waals surface area contributed by atoms with Gasteiger partial charge in [0.2, 0.25) is 5.91 Å². The quantitative estimate of drug-likeness (QED) is 0.778. The number of halogens is 1. The van der Waals surface area contributed by atoms with E-state index in [9.17, 15) is 9.18 Å². The molecule has 0 saturated carbocycles. The molecule has 0 aliphatic carbocycles. The first-order chi connectivity index (χ1) is 14.2. The maximum Gasteiger partial charge on any atom is 0.236 e. The molecule has 1 atom stereocenters. The zero-order valence-electron chi connectivity index (χ0n) is 16.7. The molecule has 0 radical (unpaired) electrons. The van der Waals surface area contributed by atoms with Crippen LogP contribution in [0.4, 0.5) is 4.39 Å². The number of carbonyl (C=O) groups excluding carboxylic acids is 1. The van der Waals surface area contributed by atoms with Crippen molar-refractivity contribution in [2.24, 2.45) is 0 Å². The predicted molar refractivity (Wildman–Crippen MR) is 109 cm³/mol. The number of pyridine rings is 1. The van der Waals surface area contributed by atoms with Crippen LogP contribution in [0.2, 0.25) is 0 Å². The third kappa shape index (κ3) is 5.19. The number of amides is 1. The van der Waals surface area contributed by atoms with Gasteiger partial charge < -0.3 is 9.64 Å². The van der Waals surface area contributed by atoms with Crippen LogP contribution in [0, 0.1) is 5.82 Å². The Morgan fingerprint density at radius 2 is 1.93 bits per heavy atom. The van der Waals surface area contributed by atoms with Gasteiger partial charge in [0.05, 0.1) is 19.8 Å². The van der Waals surface area contributed by atoms with E-state index in [0.717, 1.165) is 43.9 Å². The molecule has 2 fully saturated rings. The van der Waals surface area contributed by atoms with Crippen LogP contribution in [-0.2, 0) is 16.0 Å². The van der Waals surface area contributed by atoms with Gasteiger partial charge in [-0.1, -0.05) is 24.3 Å². The Morgan fingerprint density at radius 3 is 2.76 bits per heavy atom. The zero-order valence-corrected chi connectivity index (χ0v) is 16.7. The molecule has 4 rings (SSSR count). The van der Waals surface area contributed by atoms with Crippen molar-refractivity contribution in [2.45, 2.75) is 25.2 Å². The van der Waals surface area contributed by atoms with Crippen molar-refractivity contribution >= 4 is 5.91 Å². The summed E-state index contributed by atoms with van der Waals surface area (Å²) in [6.07, 6.45) is 2.49. The van der Waals surface area contributed by atoms with Crippen LogP contribution in [0.15, 0.2) is 42.5 Å². The van der Waals surface area contributed by atoms with E-state index >= 15 is 0 Å². The first-order valence-corrected chi connectivity index (χ1v) is 10.5. The number of aromatic nitrogens is 1. The molecule has 1 aromatic carbocycles. The predicted octanol–water partition coefficient (Wildman–Crippen LogP) is 2.85. The highest BCUT2D eigenvalue weighted by molar-refractivity contribution is 5.78. The summed E-state index contributed by atoms with van der Waals surface area (Å²) >= 11 is 0. The SMILES string of the molecule is O=C(CN1CCOCC1)N1CCC[C@@H](c2cccc(Cc3ccccc3F)n2)C1. The van der Waals surface area contributed by atoms with Gasteiger partial charge in [0.15, 0.2) is 0 Å². The van der Waals surface area contributed by atoms with E-state index in [0.29, 0.717) is 38.3 Å². The number of likely N-dealkylation sites (tertiary alicyclic amines) is 1. The number of ether oxygens (including phenoxy) is 1. The summed E-state index contributed by atoms with van der Waals surface area (Å²) in [5.74, 6) is 0.231. The third-order valence-electron chi connectivity index (χ3n) is 5.81. The molecule has 0 unspecified atom stereocenters. The van der Waals surface area contributed by atoms with E-state index in [1.165, 1.54) is 6.07 Å². The normalized spacial score (nSPS) is 20.6. The fourth-order valence-electron chi connectivity index (χ4n) is 4.16. The van der Waals surface area contributed by atoms with Crippen LogP contribution in [0.1, 0.15) is 35.7 Å². The fourth-order valence-corrected chi connectivity index (χ4v) is 4.16. The molecule has 5 nitrogen and oxygen atoms in total. The molecule has 1 amide bonds. The van der Waals surface area contributed by atoms with Gasteiger partial charge in [0.1, 0.15) is 5.82 Å². The lowest BCUT2D eigenvalue weighted by molar-refractivity contribution is -0.134. The maximum absolute atomic E-state index is 14.0. The van der Waals surface area contributed by atoms with Crippen LogP contribution in [0.3, 0.4) is 0 Å². The maximum atomic E-state index is 14.0. The van der Waals surface area contributed by atoms with Crippen molar-refractivity contribution < 1.29 is 13.9 Å². The zero-order chi connectivity index (χ0) is 20.1. The van der Waals surface area contributed by atoms with Crippen molar-refractivity contribution in [3.63, 3.8) is 0 Å². The van der Waals surface area contributed by atoms with Crippen LogP contribution >= 0.6 is 0 Å². The van der Waals surface area contributed by atoms with Crippen molar-refractivity contribution in [3.05, 3.63) is 65.2 Å². The second-order valence-corrected chi connectivity index (χ2v) is 7.89. The molecule has 6 heteroatoms. The molecule has 0 spiro atoms. The van der Waals surface area contributed by atoms with Crippen LogP contribution < -0.4 is 0 Å². The highest BCUT2D eigenvalue weighted by Crippen LogP contribution is 2.26. The number of benzene rings is 1.